The Kier molecular flexibility index (Phi) is 4.03. The number of nitrogens with zero attached hydrogens (tertiary/aromatic N) is 2. The fourth-order valence-electron chi connectivity index (χ4n) is 1.12. The highest BCUT2D eigenvalue weighted by Gasteiger charge is 2.27. The monoisotopic (exact) mass is 209 g/mol. The second kappa shape index (κ2) is 5.29. The van der Waals surface area contributed by atoms with Crippen molar-refractivity contribution in [3.63, 3.8) is 0 Å². The summed E-state index contributed by atoms with van der Waals surface area (Å²) in [6.45, 7) is 5.31. The molecule has 0 bridgehead atoms. The summed E-state index contributed by atoms with van der Waals surface area (Å²) >= 11 is 0. The number of esters is 1. The normalized spacial score (nSPS) is 17.4. The maximum Gasteiger partial charge on any atom is 0.354 e. The average Bonchev–Trinajstić information content (AvgIpc) is 3.00. The van der Waals surface area contributed by atoms with Crippen LogP contribution in [-0.4, -0.2) is 25.0 Å². The van der Waals surface area contributed by atoms with E-state index in [2.05, 4.69) is 16.9 Å². The van der Waals surface area contributed by atoms with Crippen LogP contribution in [0.3, 0.4) is 0 Å². The summed E-state index contributed by atoms with van der Waals surface area (Å²) in [5.74, 6) is -0.154. The maximum absolute atomic E-state index is 11.2. The fourth-order valence-corrected chi connectivity index (χ4v) is 1.12. The highest BCUT2D eigenvalue weighted by atomic mass is 16.5. The standard InChI is InChI=1S/C10H15N3O2/c1-3-15-10(14)8(11)6-9(13-12-2)7-4-5-7/h6-7H,2-5,11H2,1H3. The van der Waals surface area contributed by atoms with Gasteiger partial charge in [-0.25, -0.2) is 4.79 Å². The Morgan fingerprint density at radius 2 is 2.33 bits per heavy atom. The first-order valence-corrected chi connectivity index (χ1v) is 4.87. The van der Waals surface area contributed by atoms with Crippen molar-refractivity contribution in [2.75, 3.05) is 6.61 Å². The molecule has 15 heavy (non-hydrogen) atoms. The van der Waals surface area contributed by atoms with Crippen molar-refractivity contribution in [1.29, 1.82) is 0 Å². The average molecular weight is 209 g/mol. The lowest BCUT2D eigenvalue weighted by atomic mass is 10.2. The Morgan fingerprint density at radius 1 is 1.67 bits per heavy atom. The van der Waals surface area contributed by atoms with E-state index in [1.54, 1.807) is 6.92 Å². The van der Waals surface area contributed by atoms with Crippen LogP contribution in [0.25, 0.3) is 0 Å². The molecule has 82 valence electrons. The number of carbonyl (C=O) groups excluding carboxylic acids is 1. The zero-order chi connectivity index (χ0) is 11.3. The van der Waals surface area contributed by atoms with E-state index in [4.69, 9.17) is 10.5 Å². The second-order valence-electron chi connectivity index (χ2n) is 3.26. The van der Waals surface area contributed by atoms with Crippen molar-refractivity contribution in [3.05, 3.63) is 11.8 Å². The van der Waals surface area contributed by atoms with Gasteiger partial charge >= 0.3 is 5.97 Å². The first kappa shape index (κ1) is 11.4. The summed E-state index contributed by atoms with van der Waals surface area (Å²) in [5, 5.41) is 7.28. The maximum atomic E-state index is 11.2. The smallest absolute Gasteiger partial charge is 0.354 e. The molecule has 5 nitrogen and oxygen atoms in total. The summed E-state index contributed by atoms with van der Waals surface area (Å²) in [6.07, 6.45) is 3.63. The van der Waals surface area contributed by atoms with Crippen LogP contribution in [0.1, 0.15) is 19.8 Å². The van der Waals surface area contributed by atoms with Gasteiger partial charge in [0.15, 0.2) is 0 Å². The summed E-state index contributed by atoms with van der Waals surface area (Å²) in [5.41, 5.74) is 6.31. The van der Waals surface area contributed by atoms with Crippen LogP contribution < -0.4 is 5.73 Å². The predicted octanol–water partition coefficient (Wildman–Crippen LogP) is 0.859. The van der Waals surface area contributed by atoms with Gasteiger partial charge in [-0.2, -0.15) is 10.2 Å². The fraction of sp³-hybridized carbons (Fsp3) is 0.500. The Morgan fingerprint density at radius 3 is 2.80 bits per heavy atom. The van der Waals surface area contributed by atoms with Gasteiger partial charge in [-0.15, -0.1) is 0 Å². The molecule has 0 saturated heterocycles. The summed E-state index contributed by atoms with van der Waals surface area (Å²) in [7, 11) is 0. The third kappa shape index (κ3) is 3.53. The molecule has 1 saturated carbocycles. The number of rotatable bonds is 5. The number of carbonyl (C=O) groups is 1. The third-order valence-electron chi connectivity index (χ3n) is 2.00. The van der Waals surface area contributed by atoms with Gasteiger partial charge in [-0.3, -0.25) is 0 Å². The number of ether oxygens (including phenoxy) is 1. The van der Waals surface area contributed by atoms with Gasteiger partial charge in [0.05, 0.1) is 12.3 Å². The quantitative estimate of drug-likeness (QED) is 0.316. The minimum atomic E-state index is -0.519. The first-order valence-electron chi connectivity index (χ1n) is 4.87. The minimum Gasteiger partial charge on any atom is -0.461 e. The molecule has 0 atom stereocenters. The van der Waals surface area contributed by atoms with E-state index in [1.807, 2.05) is 0 Å². The number of allylic oxidation sites excluding steroid dienone is 1. The highest BCUT2D eigenvalue weighted by molar-refractivity contribution is 6.03. The van der Waals surface area contributed by atoms with Crippen LogP contribution in [0, 0.1) is 5.92 Å². The zero-order valence-electron chi connectivity index (χ0n) is 8.77. The third-order valence-corrected chi connectivity index (χ3v) is 2.00. The number of nitrogens with two attached hydrogens (primary N) is 1. The van der Waals surface area contributed by atoms with Gasteiger partial charge < -0.3 is 10.5 Å². The molecule has 1 aliphatic carbocycles. The minimum absolute atomic E-state index is 0.0613. The molecule has 0 heterocycles. The molecule has 0 radical (unpaired) electrons. The van der Waals surface area contributed by atoms with Gasteiger partial charge in [0.1, 0.15) is 5.70 Å². The highest BCUT2D eigenvalue weighted by Crippen LogP contribution is 2.31. The molecular weight excluding hydrogens is 194 g/mol. The van der Waals surface area contributed by atoms with Gasteiger partial charge in [0, 0.05) is 12.6 Å². The summed E-state index contributed by atoms with van der Waals surface area (Å²) in [6, 6.07) is 0. The Hall–Kier alpha value is -1.65. The molecule has 5 heteroatoms. The van der Waals surface area contributed by atoms with Crippen LogP contribution in [0.2, 0.25) is 0 Å². The predicted molar refractivity (Wildman–Crippen MR) is 58.6 cm³/mol. The van der Waals surface area contributed by atoms with Crippen LogP contribution in [0.5, 0.6) is 0 Å². The van der Waals surface area contributed by atoms with E-state index in [-0.39, 0.29) is 5.70 Å². The van der Waals surface area contributed by atoms with Gasteiger partial charge in [0.25, 0.3) is 0 Å². The Labute approximate surface area is 88.7 Å². The van der Waals surface area contributed by atoms with Gasteiger partial charge in [0.2, 0.25) is 0 Å². The van der Waals surface area contributed by atoms with Crippen LogP contribution in [0.15, 0.2) is 22.0 Å². The van der Waals surface area contributed by atoms with Crippen molar-refractivity contribution in [2.24, 2.45) is 21.9 Å². The van der Waals surface area contributed by atoms with Crippen molar-refractivity contribution < 1.29 is 9.53 Å². The first-order chi connectivity index (χ1) is 7.19. The van der Waals surface area contributed by atoms with Crippen molar-refractivity contribution in [1.82, 2.24) is 0 Å². The lowest BCUT2D eigenvalue weighted by Crippen LogP contribution is -2.16. The molecule has 0 aromatic rings. The SMILES string of the molecule is C=NN=C(C=C(N)C(=O)OCC)C1CC1. The van der Waals surface area contributed by atoms with Crippen LogP contribution in [-0.2, 0) is 9.53 Å². The summed E-state index contributed by atoms with van der Waals surface area (Å²) < 4.78 is 4.75. The lowest BCUT2D eigenvalue weighted by Gasteiger charge is -2.01. The number of hydrogen-bond donors (Lipinski definition) is 1. The molecule has 1 rings (SSSR count). The number of hydrogen-bond acceptors (Lipinski definition) is 5. The van der Waals surface area contributed by atoms with Crippen molar-refractivity contribution in [2.45, 2.75) is 19.8 Å². The van der Waals surface area contributed by atoms with Crippen LogP contribution in [0.4, 0.5) is 0 Å². The molecule has 0 aromatic heterocycles. The van der Waals surface area contributed by atoms with E-state index in [1.165, 1.54) is 6.08 Å². The molecule has 0 aliphatic heterocycles. The summed E-state index contributed by atoms with van der Waals surface area (Å²) in [4.78, 5) is 11.2. The van der Waals surface area contributed by atoms with Crippen molar-refractivity contribution >= 4 is 18.4 Å². The molecule has 2 N–H and O–H groups in total. The topological polar surface area (TPSA) is 77.0 Å². The van der Waals surface area contributed by atoms with E-state index in [0.29, 0.717) is 18.2 Å². The molecular formula is C10H15N3O2. The largest absolute Gasteiger partial charge is 0.461 e. The Bertz CT molecular complexity index is 317. The zero-order valence-corrected chi connectivity index (χ0v) is 8.77. The lowest BCUT2D eigenvalue weighted by molar-refractivity contribution is -0.138. The second-order valence-corrected chi connectivity index (χ2v) is 3.26. The molecule has 0 spiro atoms. The molecule has 1 fully saturated rings. The van der Waals surface area contributed by atoms with E-state index < -0.39 is 5.97 Å². The Balaban J connectivity index is 2.69. The van der Waals surface area contributed by atoms with E-state index in [0.717, 1.165) is 12.8 Å². The molecule has 0 amide bonds. The van der Waals surface area contributed by atoms with Gasteiger partial charge in [-0.05, 0) is 25.8 Å². The van der Waals surface area contributed by atoms with Crippen LogP contribution >= 0.6 is 0 Å². The molecule has 0 unspecified atom stereocenters. The molecule has 1 aliphatic rings. The van der Waals surface area contributed by atoms with E-state index in [9.17, 15) is 4.79 Å². The van der Waals surface area contributed by atoms with Gasteiger partial charge in [-0.1, -0.05) is 0 Å². The van der Waals surface area contributed by atoms with E-state index >= 15 is 0 Å². The van der Waals surface area contributed by atoms with Crippen molar-refractivity contribution in [3.8, 4) is 0 Å². The molecule has 0 aromatic carbocycles.